The number of rotatable bonds is 7. The predicted octanol–water partition coefficient (Wildman–Crippen LogP) is 0.606. The number of benzene rings is 1. The predicted molar refractivity (Wildman–Crippen MR) is 78.9 cm³/mol. The molecule has 2 rings (SSSR count). The van der Waals surface area contributed by atoms with E-state index in [0.29, 0.717) is 30.8 Å². The van der Waals surface area contributed by atoms with Crippen LogP contribution in [0.3, 0.4) is 0 Å². The van der Waals surface area contributed by atoms with Gasteiger partial charge in [0, 0.05) is 6.54 Å². The molecule has 0 aliphatic heterocycles. The molecule has 1 aromatic heterocycles. The second-order valence-electron chi connectivity index (χ2n) is 5.00. The number of aromatic amines is 1. The minimum Gasteiger partial charge on any atom is -0.478 e. The molecule has 0 aliphatic carbocycles. The SMILES string of the molecule is CN(C)CCOCCn1c(=O)[nH]c2cccc(C(=O)O)c21. The minimum atomic E-state index is -1.05. The van der Waals surface area contributed by atoms with Gasteiger partial charge in [-0.3, -0.25) is 4.57 Å². The summed E-state index contributed by atoms with van der Waals surface area (Å²) in [5.74, 6) is -1.05. The lowest BCUT2D eigenvalue weighted by Gasteiger charge is -2.10. The number of aromatic carboxylic acids is 1. The van der Waals surface area contributed by atoms with E-state index in [0.717, 1.165) is 6.54 Å². The second kappa shape index (κ2) is 6.55. The van der Waals surface area contributed by atoms with E-state index in [2.05, 4.69) is 4.98 Å². The highest BCUT2D eigenvalue weighted by Crippen LogP contribution is 2.15. The molecule has 0 spiro atoms. The van der Waals surface area contributed by atoms with Crippen LogP contribution in [0.5, 0.6) is 0 Å². The standard InChI is InChI=1S/C14H19N3O4/c1-16(2)6-8-21-9-7-17-12-10(13(18)19)4-3-5-11(12)15-14(17)20/h3-5H,6-9H2,1-2H3,(H,15,20)(H,18,19). The molecule has 1 heterocycles. The van der Waals surface area contributed by atoms with Crippen LogP contribution in [0.25, 0.3) is 11.0 Å². The lowest BCUT2D eigenvalue weighted by atomic mass is 10.2. The van der Waals surface area contributed by atoms with Crippen molar-refractivity contribution in [2.45, 2.75) is 6.54 Å². The number of nitrogens with one attached hydrogen (secondary N) is 1. The van der Waals surface area contributed by atoms with Gasteiger partial charge in [0.2, 0.25) is 0 Å². The number of hydrogen-bond acceptors (Lipinski definition) is 4. The zero-order chi connectivity index (χ0) is 15.4. The molecule has 0 bridgehead atoms. The highest BCUT2D eigenvalue weighted by atomic mass is 16.5. The van der Waals surface area contributed by atoms with Crippen molar-refractivity contribution in [3.63, 3.8) is 0 Å². The average Bonchev–Trinajstić information content (AvgIpc) is 2.73. The molecule has 1 aromatic carbocycles. The number of aromatic nitrogens is 2. The fraction of sp³-hybridized carbons (Fsp3) is 0.429. The molecule has 0 atom stereocenters. The van der Waals surface area contributed by atoms with Crippen molar-refractivity contribution in [3.8, 4) is 0 Å². The van der Waals surface area contributed by atoms with E-state index in [4.69, 9.17) is 4.74 Å². The van der Waals surface area contributed by atoms with Crippen molar-refractivity contribution < 1.29 is 14.6 Å². The molecule has 7 nitrogen and oxygen atoms in total. The number of carboxylic acid groups (broad SMARTS) is 1. The Bertz CT molecular complexity index is 687. The minimum absolute atomic E-state index is 0.110. The summed E-state index contributed by atoms with van der Waals surface area (Å²) >= 11 is 0. The Morgan fingerprint density at radius 2 is 2.14 bits per heavy atom. The summed E-state index contributed by atoms with van der Waals surface area (Å²) in [5.41, 5.74) is 0.716. The Labute approximate surface area is 121 Å². The zero-order valence-electron chi connectivity index (χ0n) is 12.1. The summed E-state index contributed by atoms with van der Waals surface area (Å²) in [6, 6.07) is 4.79. The summed E-state index contributed by atoms with van der Waals surface area (Å²) in [6.07, 6.45) is 0. The summed E-state index contributed by atoms with van der Waals surface area (Å²) < 4.78 is 6.87. The molecule has 7 heteroatoms. The number of carboxylic acids is 1. The number of ether oxygens (including phenoxy) is 1. The summed E-state index contributed by atoms with van der Waals surface area (Å²) in [4.78, 5) is 27.9. The summed E-state index contributed by atoms with van der Waals surface area (Å²) in [6.45, 7) is 2.03. The van der Waals surface area contributed by atoms with E-state index in [1.54, 1.807) is 12.1 Å². The Kier molecular flexibility index (Phi) is 4.77. The third-order valence-corrected chi connectivity index (χ3v) is 3.17. The van der Waals surface area contributed by atoms with Crippen LogP contribution in [0.15, 0.2) is 23.0 Å². The summed E-state index contributed by atoms with van der Waals surface area (Å²) in [5, 5.41) is 9.22. The molecule has 0 unspecified atom stereocenters. The molecule has 2 N–H and O–H groups in total. The number of carbonyl (C=O) groups is 1. The van der Waals surface area contributed by atoms with E-state index >= 15 is 0 Å². The first kappa shape index (κ1) is 15.3. The number of para-hydroxylation sites is 1. The quantitative estimate of drug-likeness (QED) is 0.730. The van der Waals surface area contributed by atoms with Crippen molar-refractivity contribution in [1.82, 2.24) is 14.5 Å². The van der Waals surface area contributed by atoms with Gasteiger partial charge in [-0.15, -0.1) is 0 Å². The van der Waals surface area contributed by atoms with Crippen LogP contribution >= 0.6 is 0 Å². The van der Waals surface area contributed by atoms with E-state index in [1.165, 1.54) is 10.6 Å². The van der Waals surface area contributed by atoms with Gasteiger partial charge in [0.05, 0.1) is 36.4 Å². The van der Waals surface area contributed by atoms with Crippen LogP contribution in [0.2, 0.25) is 0 Å². The lowest BCUT2D eigenvalue weighted by Crippen LogP contribution is -2.23. The van der Waals surface area contributed by atoms with Crippen LogP contribution in [0, 0.1) is 0 Å². The Morgan fingerprint density at radius 3 is 2.81 bits per heavy atom. The third-order valence-electron chi connectivity index (χ3n) is 3.17. The maximum Gasteiger partial charge on any atom is 0.337 e. The van der Waals surface area contributed by atoms with Crippen LogP contribution in [-0.4, -0.2) is 59.4 Å². The highest BCUT2D eigenvalue weighted by Gasteiger charge is 2.15. The maximum absolute atomic E-state index is 11.9. The Hall–Kier alpha value is -2.12. The van der Waals surface area contributed by atoms with E-state index in [-0.39, 0.29) is 11.3 Å². The van der Waals surface area contributed by atoms with Crippen LogP contribution in [-0.2, 0) is 11.3 Å². The van der Waals surface area contributed by atoms with Gasteiger partial charge in [-0.05, 0) is 26.2 Å². The number of nitrogens with zero attached hydrogens (tertiary/aromatic N) is 2. The number of fused-ring (bicyclic) bond motifs is 1. The fourth-order valence-corrected chi connectivity index (χ4v) is 2.11. The largest absolute Gasteiger partial charge is 0.478 e. The first-order valence-corrected chi connectivity index (χ1v) is 6.68. The number of likely N-dealkylation sites (N-methyl/N-ethyl adjacent to an activating group) is 1. The van der Waals surface area contributed by atoms with Gasteiger partial charge in [-0.1, -0.05) is 6.07 Å². The molecule has 0 radical (unpaired) electrons. The monoisotopic (exact) mass is 293 g/mol. The molecule has 0 saturated heterocycles. The molecule has 114 valence electrons. The molecule has 21 heavy (non-hydrogen) atoms. The molecule has 0 fully saturated rings. The molecule has 2 aromatic rings. The van der Waals surface area contributed by atoms with E-state index in [1.807, 2.05) is 19.0 Å². The molecule has 0 amide bonds. The second-order valence-corrected chi connectivity index (χ2v) is 5.00. The normalized spacial score (nSPS) is 11.4. The third kappa shape index (κ3) is 3.50. The van der Waals surface area contributed by atoms with Crippen LogP contribution in [0.1, 0.15) is 10.4 Å². The molecule has 0 aliphatic rings. The van der Waals surface area contributed by atoms with Crippen LogP contribution < -0.4 is 5.69 Å². The number of imidazole rings is 1. The maximum atomic E-state index is 11.9. The van der Waals surface area contributed by atoms with Crippen molar-refractivity contribution in [3.05, 3.63) is 34.2 Å². The van der Waals surface area contributed by atoms with Crippen LogP contribution in [0.4, 0.5) is 0 Å². The highest BCUT2D eigenvalue weighted by molar-refractivity contribution is 6.01. The number of H-pyrrole nitrogens is 1. The lowest BCUT2D eigenvalue weighted by molar-refractivity contribution is 0.0698. The zero-order valence-corrected chi connectivity index (χ0v) is 12.1. The van der Waals surface area contributed by atoms with Gasteiger partial charge in [-0.25, -0.2) is 9.59 Å². The van der Waals surface area contributed by atoms with Gasteiger partial charge in [0.15, 0.2) is 0 Å². The van der Waals surface area contributed by atoms with Gasteiger partial charge in [0.25, 0.3) is 0 Å². The Morgan fingerprint density at radius 1 is 1.38 bits per heavy atom. The van der Waals surface area contributed by atoms with E-state index < -0.39 is 5.97 Å². The first-order valence-electron chi connectivity index (χ1n) is 6.68. The van der Waals surface area contributed by atoms with Crippen molar-refractivity contribution in [2.75, 3.05) is 33.9 Å². The molecule has 0 saturated carbocycles. The van der Waals surface area contributed by atoms with Crippen molar-refractivity contribution >= 4 is 17.0 Å². The van der Waals surface area contributed by atoms with Gasteiger partial charge < -0.3 is 19.7 Å². The van der Waals surface area contributed by atoms with Crippen molar-refractivity contribution in [2.24, 2.45) is 0 Å². The van der Waals surface area contributed by atoms with Crippen molar-refractivity contribution in [1.29, 1.82) is 0 Å². The average molecular weight is 293 g/mol. The summed E-state index contributed by atoms with van der Waals surface area (Å²) in [7, 11) is 3.90. The van der Waals surface area contributed by atoms with Gasteiger partial charge in [-0.2, -0.15) is 0 Å². The first-order chi connectivity index (χ1) is 10.0. The molecular weight excluding hydrogens is 274 g/mol. The smallest absolute Gasteiger partial charge is 0.337 e. The van der Waals surface area contributed by atoms with Gasteiger partial charge >= 0.3 is 11.7 Å². The van der Waals surface area contributed by atoms with E-state index in [9.17, 15) is 14.7 Å². The number of hydrogen-bond donors (Lipinski definition) is 2. The Balaban J connectivity index is 2.17. The topological polar surface area (TPSA) is 87.6 Å². The van der Waals surface area contributed by atoms with Gasteiger partial charge in [0.1, 0.15) is 0 Å². The molecular formula is C14H19N3O4. The fourth-order valence-electron chi connectivity index (χ4n) is 2.11.